The Balaban J connectivity index is 1.67. The number of nitrogens with one attached hydrogen (secondary N) is 1. The molecule has 0 bridgehead atoms. The van der Waals surface area contributed by atoms with Crippen LogP contribution in [-0.2, 0) is 11.5 Å². The van der Waals surface area contributed by atoms with Gasteiger partial charge in [-0.15, -0.1) is 17.7 Å². The molecule has 1 aliphatic heterocycles. The summed E-state index contributed by atoms with van der Waals surface area (Å²) in [7, 11) is 0. The molecular weight excluding hydrogens is 488 g/mol. The Bertz CT molecular complexity index is 1290. The van der Waals surface area contributed by atoms with E-state index in [1.165, 1.54) is 30.3 Å². The largest absolute Gasteiger partial charge is 0.456 e. The van der Waals surface area contributed by atoms with Crippen LogP contribution in [0.25, 0.3) is 0 Å². The Morgan fingerprint density at radius 2 is 1.83 bits per heavy atom. The van der Waals surface area contributed by atoms with Crippen molar-refractivity contribution in [1.82, 2.24) is 15.5 Å². The van der Waals surface area contributed by atoms with E-state index in [4.69, 9.17) is 10.00 Å². The van der Waals surface area contributed by atoms with Gasteiger partial charge in [-0.25, -0.2) is 14.3 Å². The lowest BCUT2D eigenvalue weighted by Gasteiger charge is -2.38. The van der Waals surface area contributed by atoms with Crippen LogP contribution in [0, 0.1) is 23.0 Å². The van der Waals surface area contributed by atoms with Gasteiger partial charge in [-0.3, -0.25) is 4.98 Å². The molecule has 0 saturated heterocycles. The number of hydrogen-bond acceptors (Lipinski definition) is 9. The third-order valence-corrected chi connectivity index (χ3v) is 5.57. The van der Waals surface area contributed by atoms with Gasteiger partial charge in [0, 0.05) is 11.6 Å². The van der Waals surface area contributed by atoms with Crippen LogP contribution >= 0.6 is 12.6 Å². The summed E-state index contributed by atoms with van der Waals surface area (Å²) in [5, 5.41) is 28.1. The SMILES string of the molecule is N#Cc1ccc(Oc2ccc(C(F)(F)C(O)(CN3NN=NC3S)c3ccc(F)cc3F)nc2)cc1. The van der Waals surface area contributed by atoms with Gasteiger partial charge in [-0.2, -0.15) is 19.1 Å². The van der Waals surface area contributed by atoms with Gasteiger partial charge in [-0.1, -0.05) is 11.3 Å². The van der Waals surface area contributed by atoms with E-state index < -0.39 is 46.5 Å². The van der Waals surface area contributed by atoms with E-state index >= 15 is 8.78 Å². The van der Waals surface area contributed by atoms with Crippen molar-refractivity contribution in [2.24, 2.45) is 10.3 Å². The molecule has 2 unspecified atom stereocenters. The third-order valence-electron chi connectivity index (χ3n) is 5.19. The van der Waals surface area contributed by atoms with Crippen LogP contribution in [0.2, 0.25) is 0 Å². The molecule has 0 aliphatic carbocycles. The van der Waals surface area contributed by atoms with Gasteiger partial charge in [0.15, 0.2) is 11.1 Å². The van der Waals surface area contributed by atoms with Crippen LogP contribution in [0.3, 0.4) is 0 Å². The molecule has 2 atom stereocenters. The smallest absolute Gasteiger partial charge is 0.323 e. The number of benzene rings is 2. The van der Waals surface area contributed by atoms with Gasteiger partial charge < -0.3 is 9.84 Å². The molecule has 0 amide bonds. The quantitative estimate of drug-likeness (QED) is 0.325. The second-order valence-corrected chi connectivity index (χ2v) is 7.93. The number of alkyl halides is 2. The second kappa shape index (κ2) is 9.49. The molecule has 8 nitrogen and oxygen atoms in total. The number of aromatic nitrogens is 1. The zero-order chi connectivity index (χ0) is 25.2. The summed E-state index contributed by atoms with van der Waals surface area (Å²) in [5.74, 6) is -6.13. The van der Waals surface area contributed by atoms with Gasteiger partial charge in [0.1, 0.15) is 28.8 Å². The molecule has 0 radical (unpaired) electrons. The summed E-state index contributed by atoms with van der Waals surface area (Å²) >= 11 is 4.05. The first kappa shape index (κ1) is 24.4. The van der Waals surface area contributed by atoms with E-state index in [2.05, 4.69) is 33.5 Å². The van der Waals surface area contributed by atoms with Crippen molar-refractivity contribution < 1.29 is 27.4 Å². The predicted octanol–water partition coefficient (Wildman–Crippen LogP) is 4.40. The highest BCUT2D eigenvalue weighted by atomic mass is 32.1. The molecule has 35 heavy (non-hydrogen) atoms. The lowest BCUT2D eigenvalue weighted by Crippen LogP contribution is -2.54. The molecule has 2 N–H and O–H groups in total. The zero-order valence-electron chi connectivity index (χ0n) is 17.6. The van der Waals surface area contributed by atoms with Gasteiger partial charge in [0.25, 0.3) is 0 Å². The number of β-amino-alcohol motifs (C(OH)–C–C–N with tert-alkyl or cyclic N) is 1. The van der Waals surface area contributed by atoms with Crippen LogP contribution in [0.5, 0.6) is 11.5 Å². The lowest BCUT2D eigenvalue weighted by atomic mass is 9.84. The first-order valence-corrected chi connectivity index (χ1v) is 10.5. The number of halogens is 4. The molecule has 1 aromatic heterocycles. The molecule has 4 rings (SSSR count). The van der Waals surface area contributed by atoms with Crippen molar-refractivity contribution in [3.05, 3.63) is 89.2 Å². The molecule has 180 valence electrons. The maximum Gasteiger partial charge on any atom is 0.323 e. The van der Waals surface area contributed by atoms with E-state index in [0.29, 0.717) is 17.4 Å². The van der Waals surface area contributed by atoms with Crippen LogP contribution < -0.4 is 10.3 Å². The van der Waals surface area contributed by atoms with E-state index in [9.17, 15) is 13.9 Å². The van der Waals surface area contributed by atoms with Crippen molar-refractivity contribution in [2.45, 2.75) is 17.0 Å². The predicted molar refractivity (Wildman–Crippen MR) is 117 cm³/mol. The molecular formula is C22H16F4N6O2S. The van der Waals surface area contributed by atoms with Gasteiger partial charge in [0.2, 0.25) is 0 Å². The van der Waals surface area contributed by atoms with E-state index in [-0.39, 0.29) is 5.75 Å². The number of pyridine rings is 1. The minimum atomic E-state index is -4.18. The number of rotatable bonds is 7. The second-order valence-electron chi connectivity index (χ2n) is 7.47. The fraction of sp³-hybridized carbons (Fsp3) is 0.182. The normalized spacial score (nSPS) is 17.5. The first-order valence-electron chi connectivity index (χ1n) is 9.94. The van der Waals surface area contributed by atoms with Crippen LogP contribution in [0.1, 0.15) is 16.8 Å². The number of nitriles is 1. The van der Waals surface area contributed by atoms with Gasteiger partial charge in [0.05, 0.1) is 24.4 Å². The highest BCUT2D eigenvalue weighted by Crippen LogP contribution is 2.46. The fourth-order valence-corrected chi connectivity index (χ4v) is 3.55. The van der Waals surface area contributed by atoms with Crippen molar-refractivity contribution in [3.63, 3.8) is 0 Å². The van der Waals surface area contributed by atoms with Crippen LogP contribution in [0.15, 0.2) is 71.1 Å². The fourth-order valence-electron chi connectivity index (χ4n) is 3.36. The highest BCUT2D eigenvalue weighted by molar-refractivity contribution is 7.80. The summed E-state index contributed by atoms with van der Waals surface area (Å²) in [4.78, 5) is 3.72. The number of ether oxygens (including phenoxy) is 1. The molecule has 2 heterocycles. The Morgan fingerprint density at radius 3 is 2.40 bits per heavy atom. The number of hydrogen-bond donors (Lipinski definition) is 3. The minimum Gasteiger partial charge on any atom is -0.456 e. The molecule has 2 aromatic carbocycles. The van der Waals surface area contributed by atoms with E-state index in [0.717, 1.165) is 29.4 Å². The standard InChI is InChI=1S/C22H16F4N6O2S/c23-14-3-7-17(18(24)9-14)21(33,12-32-20(35)29-30-31-32)22(25,26)19-8-6-16(11-28-19)34-15-4-1-13(10-27)2-5-15/h1-9,11,20,33,35H,12H2,(H,29,31). The molecule has 13 heteroatoms. The number of thiol groups is 1. The van der Waals surface area contributed by atoms with Gasteiger partial charge >= 0.3 is 5.92 Å². The number of aliphatic hydroxyl groups is 1. The summed E-state index contributed by atoms with van der Waals surface area (Å²) in [6, 6.07) is 12.0. The van der Waals surface area contributed by atoms with Crippen LogP contribution in [0.4, 0.5) is 17.6 Å². The van der Waals surface area contributed by atoms with Crippen molar-refractivity contribution >= 4 is 12.6 Å². The lowest BCUT2D eigenvalue weighted by molar-refractivity contribution is -0.210. The first-order chi connectivity index (χ1) is 16.6. The third kappa shape index (κ3) is 4.76. The topological polar surface area (TPSA) is 106 Å². The molecule has 0 saturated carbocycles. The maximum atomic E-state index is 15.8. The monoisotopic (exact) mass is 504 g/mol. The summed E-state index contributed by atoms with van der Waals surface area (Å²) in [6.07, 6.45) is 1.00. The Labute approximate surface area is 201 Å². The number of hydrazine groups is 1. The van der Waals surface area contributed by atoms with E-state index in [1.54, 1.807) is 0 Å². The van der Waals surface area contributed by atoms with Crippen molar-refractivity contribution in [1.29, 1.82) is 5.26 Å². The Morgan fingerprint density at radius 1 is 1.11 bits per heavy atom. The molecule has 0 spiro atoms. The maximum absolute atomic E-state index is 15.8. The van der Waals surface area contributed by atoms with Crippen molar-refractivity contribution in [3.8, 4) is 17.6 Å². The Hall–Kier alpha value is -3.73. The van der Waals surface area contributed by atoms with Gasteiger partial charge in [-0.05, 0) is 42.5 Å². The summed E-state index contributed by atoms with van der Waals surface area (Å²) in [5.41, 5.74) is -3.34. The molecule has 1 aliphatic rings. The minimum absolute atomic E-state index is 0.0972. The van der Waals surface area contributed by atoms with E-state index in [1.807, 2.05) is 6.07 Å². The van der Waals surface area contributed by atoms with Crippen LogP contribution in [-0.4, -0.2) is 27.1 Å². The number of nitrogens with zero attached hydrogens (tertiary/aromatic N) is 5. The molecule has 3 aromatic rings. The average molecular weight is 504 g/mol. The zero-order valence-corrected chi connectivity index (χ0v) is 18.5. The average Bonchev–Trinajstić information content (AvgIpc) is 3.23. The highest BCUT2D eigenvalue weighted by Gasteiger charge is 2.58. The summed E-state index contributed by atoms with van der Waals surface area (Å²) in [6.45, 7) is -0.936. The molecule has 0 fully saturated rings. The Kier molecular flexibility index (Phi) is 6.62. The van der Waals surface area contributed by atoms with Crippen molar-refractivity contribution in [2.75, 3.05) is 6.54 Å². The summed E-state index contributed by atoms with van der Waals surface area (Å²) < 4.78 is 65.2.